The number of hydrogen-bond acceptors (Lipinski definition) is 4. The fourth-order valence-electron chi connectivity index (χ4n) is 2.55. The first-order chi connectivity index (χ1) is 12.3. The number of sulfonamides is 1. The number of nitrogens with one attached hydrogen (secondary N) is 1. The van der Waals surface area contributed by atoms with E-state index in [1.54, 1.807) is 12.1 Å². The molecular weight excluding hydrogens is 350 g/mol. The standard InChI is InChI=1S/C20H27NO4S/c1-15(2)17-8-10-19(11-9-17)26(23,24)21-14-20(25-13-12-22)18-6-4-16(3)5-7-18/h4-11,15,20-22H,12-14H2,1-3H3. The normalized spacial score (nSPS) is 13.1. The average Bonchev–Trinajstić information content (AvgIpc) is 2.63. The fourth-order valence-corrected chi connectivity index (χ4v) is 3.58. The summed E-state index contributed by atoms with van der Waals surface area (Å²) in [5.41, 5.74) is 3.06. The van der Waals surface area contributed by atoms with E-state index in [0.717, 1.165) is 16.7 Å². The molecule has 6 heteroatoms. The van der Waals surface area contributed by atoms with Gasteiger partial charge < -0.3 is 9.84 Å². The first-order valence-electron chi connectivity index (χ1n) is 8.72. The van der Waals surface area contributed by atoms with Crippen molar-refractivity contribution in [1.29, 1.82) is 0 Å². The Balaban J connectivity index is 2.11. The molecule has 0 spiro atoms. The van der Waals surface area contributed by atoms with Gasteiger partial charge in [-0.3, -0.25) is 0 Å². The van der Waals surface area contributed by atoms with Crippen LogP contribution in [0, 0.1) is 6.92 Å². The zero-order valence-corrected chi connectivity index (χ0v) is 16.3. The lowest BCUT2D eigenvalue weighted by Gasteiger charge is -2.19. The van der Waals surface area contributed by atoms with Gasteiger partial charge in [-0.15, -0.1) is 0 Å². The minimum atomic E-state index is -3.63. The van der Waals surface area contributed by atoms with Crippen molar-refractivity contribution in [2.24, 2.45) is 0 Å². The van der Waals surface area contributed by atoms with Crippen molar-refractivity contribution in [2.75, 3.05) is 19.8 Å². The molecule has 0 fully saturated rings. The third-order valence-electron chi connectivity index (χ3n) is 4.18. The van der Waals surface area contributed by atoms with Crippen LogP contribution in [0.1, 0.15) is 42.6 Å². The summed E-state index contributed by atoms with van der Waals surface area (Å²) in [6, 6.07) is 14.6. The summed E-state index contributed by atoms with van der Waals surface area (Å²) in [5.74, 6) is 0.345. The van der Waals surface area contributed by atoms with Crippen LogP contribution >= 0.6 is 0 Å². The summed E-state index contributed by atoms with van der Waals surface area (Å²) in [4.78, 5) is 0.228. The number of aliphatic hydroxyl groups is 1. The van der Waals surface area contributed by atoms with Crippen LogP contribution in [0.15, 0.2) is 53.4 Å². The Morgan fingerprint density at radius 1 is 1.00 bits per heavy atom. The topological polar surface area (TPSA) is 75.6 Å². The largest absolute Gasteiger partial charge is 0.394 e. The SMILES string of the molecule is Cc1ccc(C(CNS(=O)(=O)c2ccc(C(C)C)cc2)OCCO)cc1. The molecule has 1 unspecified atom stereocenters. The van der Waals surface area contributed by atoms with E-state index in [1.165, 1.54) is 0 Å². The Hall–Kier alpha value is -1.73. The van der Waals surface area contributed by atoms with Crippen LogP contribution in [0.25, 0.3) is 0 Å². The first-order valence-corrected chi connectivity index (χ1v) is 10.2. The van der Waals surface area contributed by atoms with E-state index in [1.807, 2.05) is 43.3 Å². The molecule has 0 amide bonds. The zero-order valence-electron chi connectivity index (χ0n) is 15.5. The third kappa shape index (κ3) is 5.64. The van der Waals surface area contributed by atoms with E-state index >= 15 is 0 Å². The van der Waals surface area contributed by atoms with E-state index in [2.05, 4.69) is 18.6 Å². The van der Waals surface area contributed by atoms with Gasteiger partial charge in [0.2, 0.25) is 10.0 Å². The molecular formula is C20H27NO4S. The van der Waals surface area contributed by atoms with Crippen LogP contribution in [0.2, 0.25) is 0 Å². The molecule has 0 aliphatic heterocycles. The second kappa shape index (κ2) is 9.28. The second-order valence-corrected chi connectivity index (χ2v) is 8.34. The van der Waals surface area contributed by atoms with Gasteiger partial charge >= 0.3 is 0 Å². The van der Waals surface area contributed by atoms with Crippen LogP contribution in [0.3, 0.4) is 0 Å². The van der Waals surface area contributed by atoms with Crippen molar-refractivity contribution < 1.29 is 18.3 Å². The first kappa shape index (κ1) is 20.6. The van der Waals surface area contributed by atoms with Crippen LogP contribution in [0.5, 0.6) is 0 Å². The highest BCUT2D eigenvalue weighted by atomic mass is 32.2. The quantitative estimate of drug-likeness (QED) is 0.704. The molecule has 2 aromatic carbocycles. The summed E-state index contributed by atoms with van der Waals surface area (Å²) in [7, 11) is -3.63. The van der Waals surface area contributed by atoms with Crippen molar-refractivity contribution in [3.63, 3.8) is 0 Å². The number of aliphatic hydroxyl groups excluding tert-OH is 1. The Morgan fingerprint density at radius 3 is 2.12 bits per heavy atom. The van der Waals surface area contributed by atoms with Crippen molar-refractivity contribution in [3.05, 3.63) is 65.2 Å². The van der Waals surface area contributed by atoms with Crippen LogP contribution in [-0.2, 0) is 14.8 Å². The molecule has 0 saturated carbocycles. The maximum atomic E-state index is 12.6. The maximum absolute atomic E-state index is 12.6. The van der Waals surface area contributed by atoms with Gasteiger partial charge in [0.25, 0.3) is 0 Å². The highest BCUT2D eigenvalue weighted by Gasteiger charge is 2.19. The Bertz CT molecular complexity index is 784. The van der Waals surface area contributed by atoms with Crippen LogP contribution in [0.4, 0.5) is 0 Å². The maximum Gasteiger partial charge on any atom is 0.240 e. The number of rotatable bonds is 9. The van der Waals surface area contributed by atoms with E-state index < -0.39 is 16.1 Å². The molecule has 1 atom stereocenters. The Kier molecular flexibility index (Phi) is 7.34. The molecule has 0 aromatic heterocycles. The van der Waals surface area contributed by atoms with Gasteiger partial charge in [-0.25, -0.2) is 13.1 Å². The zero-order chi connectivity index (χ0) is 19.2. The van der Waals surface area contributed by atoms with E-state index in [9.17, 15) is 8.42 Å². The molecule has 0 bridgehead atoms. The van der Waals surface area contributed by atoms with Crippen molar-refractivity contribution in [1.82, 2.24) is 4.72 Å². The van der Waals surface area contributed by atoms with Gasteiger partial charge in [0.15, 0.2) is 0 Å². The monoisotopic (exact) mass is 377 g/mol. The molecule has 2 rings (SSSR count). The van der Waals surface area contributed by atoms with Crippen molar-refractivity contribution >= 4 is 10.0 Å². The summed E-state index contributed by atoms with van der Waals surface area (Å²) < 4.78 is 33.4. The van der Waals surface area contributed by atoms with E-state index in [0.29, 0.717) is 5.92 Å². The molecule has 26 heavy (non-hydrogen) atoms. The van der Waals surface area contributed by atoms with E-state index in [4.69, 9.17) is 9.84 Å². The Morgan fingerprint density at radius 2 is 1.58 bits per heavy atom. The second-order valence-electron chi connectivity index (χ2n) is 6.57. The van der Waals surface area contributed by atoms with Gasteiger partial charge in [0.05, 0.1) is 24.2 Å². The molecule has 0 aliphatic rings. The minimum absolute atomic E-state index is 0.0946. The van der Waals surface area contributed by atoms with E-state index in [-0.39, 0.29) is 24.7 Å². The van der Waals surface area contributed by atoms with Crippen LogP contribution < -0.4 is 4.72 Å². The molecule has 2 aromatic rings. The Labute approximate surface area is 156 Å². The lowest BCUT2D eigenvalue weighted by Crippen LogP contribution is -2.30. The van der Waals surface area contributed by atoms with Gasteiger partial charge in [-0.05, 0) is 36.1 Å². The minimum Gasteiger partial charge on any atom is -0.394 e. The molecule has 5 nitrogen and oxygen atoms in total. The number of aryl methyl sites for hydroxylation is 1. The summed E-state index contributed by atoms with van der Waals surface area (Å²) >= 11 is 0. The lowest BCUT2D eigenvalue weighted by molar-refractivity contribution is 0.0309. The van der Waals surface area contributed by atoms with Gasteiger partial charge in [0.1, 0.15) is 0 Å². The third-order valence-corrected chi connectivity index (χ3v) is 5.61. The van der Waals surface area contributed by atoms with Gasteiger partial charge in [-0.1, -0.05) is 55.8 Å². The van der Waals surface area contributed by atoms with Gasteiger partial charge in [0, 0.05) is 6.54 Å². The number of hydrogen-bond donors (Lipinski definition) is 2. The average molecular weight is 378 g/mol. The summed E-state index contributed by atoms with van der Waals surface area (Å²) in [6.07, 6.45) is -0.465. The van der Waals surface area contributed by atoms with Crippen molar-refractivity contribution in [3.8, 4) is 0 Å². The summed E-state index contributed by atoms with van der Waals surface area (Å²) in [5, 5.41) is 9.02. The lowest BCUT2D eigenvalue weighted by atomic mass is 10.0. The number of ether oxygens (including phenoxy) is 1. The molecule has 0 saturated heterocycles. The smallest absolute Gasteiger partial charge is 0.240 e. The number of benzene rings is 2. The molecule has 142 valence electrons. The predicted molar refractivity (Wildman–Crippen MR) is 103 cm³/mol. The fraction of sp³-hybridized carbons (Fsp3) is 0.400. The van der Waals surface area contributed by atoms with Crippen LogP contribution in [-0.4, -0.2) is 33.3 Å². The summed E-state index contributed by atoms with van der Waals surface area (Å²) in [6.45, 7) is 6.22. The predicted octanol–water partition coefficient (Wildman–Crippen LogP) is 3.15. The molecule has 0 aliphatic carbocycles. The molecule has 2 N–H and O–H groups in total. The van der Waals surface area contributed by atoms with Gasteiger partial charge in [-0.2, -0.15) is 0 Å². The molecule has 0 radical (unpaired) electrons. The highest BCUT2D eigenvalue weighted by Crippen LogP contribution is 2.20. The molecule has 0 heterocycles. The van der Waals surface area contributed by atoms with Crippen molar-refractivity contribution in [2.45, 2.75) is 37.7 Å². The highest BCUT2D eigenvalue weighted by molar-refractivity contribution is 7.89.